The van der Waals surface area contributed by atoms with Crippen LogP contribution in [0.1, 0.15) is 303 Å². The first-order valence-electron chi connectivity index (χ1n) is 28.5. The monoisotopic (exact) mass is 899 g/mol. The SMILES string of the molecule is CCC/C=C\C/C=C\CCCCCCCCOCC(COC(=O)CCCCCCCCCCC/C=C\CCCCCCCC)OC(=O)CCCCCCCCCCCCCCCCC. The maximum absolute atomic E-state index is 12.8. The van der Waals surface area contributed by atoms with Gasteiger partial charge in [0.1, 0.15) is 6.61 Å². The predicted octanol–water partition coefficient (Wildman–Crippen LogP) is 19.4. The van der Waals surface area contributed by atoms with Crippen molar-refractivity contribution >= 4 is 11.9 Å². The van der Waals surface area contributed by atoms with E-state index in [0.717, 1.165) is 44.9 Å². The van der Waals surface area contributed by atoms with Crippen LogP contribution in [0, 0.1) is 0 Å². The molecule has 0 aliphatic carbocycles. The van der Waals surface area contributed by atoms with Gasteiger partial charge in [0.05, 0.1) is 6.61 Å². The van der Waals surface area contributed by atoms with Crippen LogP contribution < -0.4 is 0 Å². The molecule has 0 aromatic heterocycles. The first-order chi connectivity index (χ1) is 31.6. The highest BCUT2D eigenvalue weighted by atomic mass is 16.6. The topological polar surface area (TPSA) is 61.8 Å². The first-order valence-corrected chi connectivity index (χ1v) is 28.5. The fraction of sp³-hybridized carbons (Fsp3) is 0.864. The summed E-state index contributed by atoms with van der Waals surface area (Å²) in [5.74, 6) is -0.387. The molecule has 0 aliphatic heterocycles. The number of carbonyl (C=O) groups excluding carboxylic acids is 2. The van der Waals surface area contributed by atoms with Gasteiger partial charge in [-0.25, -0.2) is 0 Å². The van der Waals surface area contributed by atoms with Crippen LogP contribution in [0.25, 0.3) is 0 Å². The summed E-state index contributed by atoms with van der Waals surface area (Å²) < 4.78 is 17.5. The average molecular weight is 900 g/mol. The Balaban J connectivity index is 4.22. The summed E-state index contributed by atoms with van der Waals surface area (Å²) in [4.78, 5) is 25.5. The highest BCUT2D eigenvalue weighted by molar-refractivity contribution is 5.70. The molecule has 0 aromatic rings. The van der Waals surface area contributed by atoms with Crippen molar-refractivity contribution < 1.29 is 23.8 Å². The highest BCUT2D eigenvalue weighted by Crippen LogP contribution is 2.16. The number of carbonyl (C=O) groups is 2. The smallest absolute Gasteiger partial charge is 0.306 e. The third-order valence-corrected chi connectivity index (χ3v) is 12.6. The molecule has 0 aromatic carbocycles. The Bertz CT molecular complexity index is 1020. The van der Waals surface area contributed by atoms with Crippen LogP contribution in [0.15, 0.2) is 36.5 Å². The van der Waals surface area contributed by atoms with Gasteiger partial charge >= 0.3 is 11.9 Å². The van der Waals surface area contributed by atoms with Crippen molar-refractivity contribution in [3.05, 3.63) is 36.5 Å². The molecule has 0 fully saturated rings. The maximum atomic E-state index is 12.8. The standard InChI is InChI=1S/C59H110O5/c1-4-7-10-13-16-19-22-25-28-29-30-31-33-34-37-40-43-46-49-52-58(60)63-56-57(55-62-54-51-48-45-42-39-36-27-24-21-18-15-12-9-6-3)64-59(61)53-50-47-44-41-38-35-32-26-23-20-17-14-11-8-5-2/h12,15,21,24-25,28,57H,4-11,13-14,16-20,22-23,26-27,29-56H2,1-3H3/b15-12-,24-21-,28-25-. The Labute approximate surface area is 400 Å². The average Bonchev–Trinajstić information content (AvgIpc) is 3.30. The molecule has 1 atom stereocenters. The number of esters is 2. The van der Waals surface area contributed by atoms with Gasteiger partial charge in [-0.05, 0) is 70.6 Å². The van der Waals surface area contributed by atoms with E-state index in [4.69, 9.17) is 14.2 Å². The van der Waals surface area contributed by atoms with E-state index in [-0.39, 0.29) is 25.2 Å². The van der Waals surface area contributed by atoms with E-state index in [1.165, 1.54) is 225 Å². The molecule has 0 saturated carbocycles. The zero-order chi connectivity index (χ0) is 46.3. The van der Waals surface area contributed by atoms with Crippen molar-refractivity contribution in [1.82, 2.24) is 0 Å². The largest absolute Gasteiger partial charge is 0.462 e. The molecule has 376 valence electrons. The van der Waals surface area contributed by atoms with Gasteiger partial charge in [0.25, 0.3) is 0 Å². The lowest BCUT2D eigenvalue weighted by Gasteiger charge is -2.18. The van der Waals surface area contributed by atoms with Crippen molar-refractivity contribution in [3.63, 3.8) is 0 Å². The molecular weight excluding hydrogens is 789 g/mol. The van der Waals surface area contributed by atoms with Gasteiger partial charge in [-0.15, -0.1) is 0 Å². The molecular formula is C59H110O5. The summed E-state index contributed by atoms with van der Waals surface area (Å²) in [6.45, 7) is 7.80. The Morgan fingerprint density at radius 2 is 0.688 bits per heavy atom. The van der Waals surface area contributed by atoms with Crippen LogP contribution in [0.3, 0.4) is 0 Å². The Morgan fingerprint density at radius 1 is 0.344 bits per heavy atom. The molecule has 0 amide bonds. The molecule has 0 N–H and O–H groups in total. The molecule has 1 unspecified atom stereocenters. The van der Waals surface area contributed by atoms with Crippen molar-refractivity contribution in [3.8, 4) is 0 Å². The van der Waals surface area contributed by atoms with Gasteiger partial charge in [-0.3, -0.25) is 9.59 Å². The van der Waals surface area contributed by atoms with Gasteiger partial charge in [0.2, 0.25) is 0 Å². The number of allylic oxidation sites excluding steroid dienone is 6. The molecule has 5 nitrogen and oxygen atoms in total. The summed E-state index contributed by atoms with van der Waals surface area (Å²) in [6, 6.07) is 0. The molecule has 0 rings (SSSR count). The Morgan fingerprint density at radius 3 is 1.11 bits per heavy atom. The fourth-order valence-corrected chi connectivity index (χ4v) is 8.37. The third-order valence-electron chi connectivity index (χ3n) is 12.6. The molecule has 0 radical (unpaired) electrons. The minimum Gasteiger partial charge on any atom is -0.462 e. The summed E-state index contributed by atoms with van der Waals surface area (Å²) in [7, 11) is 0. The van der Waals surface area contributed by atoms with Crippen LogP contribution in [0.5, 0.6) is 0 Å². The summed E-state index contributed by atoms with van der Waals surface area (Å²) in [5.41, 5.74) is 0. The number of hydrogen-bond donors (Lipinski definition) is 0. The minimum absolute atomic E-state index is 0.0851. The van der Waals surface area contributed by atoms with Gasteiger partial charge in [0.15, 0.2) is 6.10 Å². The lowest BCUT2D eigenvalue weighted by atomic mass is 10.0. The van der Waals surface area contributed by atoms with E-state index in [2.05, 4.69) is 57.2 Å². The lowest BCUT2D eigenvalue weighted by molar-refractivity contribution is -0.163. The second-order valence-electron chi connectivity index (χ2n) is 19.2. The minimum atomic E-state index is -0.538. The quantitative estimate of drug-likeness (QED) is 0.0346. The molecule has 0 spiro atoms. The normalized spacial score (nSPS) is 12.4. The van der Waals surface area contributed by atoms with Gasteiger partial charge in [-0.2, -0.15) is 0 Å². The van der Waals surface area contributed by atoms with E-state index in [1.807, 2.05) is 0 Å². The van der Waals surface area contributed by atoms with E-state index < -0.39 is 6.10 Å². The van der Waals surface area contributed by atoms with Crippen molar-refractivity contribution in [2.75, 3.05) is 19.8 Å². The van der Waals surface area contributed by atoms with Gasteiger partial charge in [-0.1, -0.05) is 256 Å². The highest BCUT2D eigenvalue weighted by Gasteiger charge is 2.17. The number of rotatable bonds is 53. The van der Waals surface area contributed by atoms with Crippen LogP contribution in [-0.2, 0) is 23.8 Å². The van der Waals surface area contributed by atoms with Crippen molar-refractivity contribution in [1.29, 1.82) is 0 Å². The second-order valence-corrected chi connectivity index (χ2v) is 19.2. The summed E-state index contributed by atoms with van der Waals surface area (Å²) in [6.07, 6.45) is 67.3. The fourth-order valence-electron chi connectivity index (χ4n) is 8.37. The molecule has 64 heavy (non-hydrogen) atoms. The van der Waals surface area contributed by atoms with Crippen LogP contribution in [0.2, 0.25) is 0 Å². The zero-order valence-electron chi connectivity index (χ0n) is 43.3. The van der Waals surface area contributed by atoms with Crippen LogP contribution in [-0.4, -0.2) is 37.9 Å². The molecule has 0 bridgehead atoms. The number of unbranched alkanes of at least 4 members (excludes halogenated alkanes) is 36. The van der Waals surface area contributed by atoms with Crippen LogP contribution >= 0.6 is 0 Å². The van der Waals surface area contributed by atoms with E-state index in [9.17, 15) is 9.59 Å². The molecule has 0 saturated heterocycles. The third kappa shape index (κ3) is 52.7. The first kappa shape index (κ1) is 62.1. The molecule has 5 heteroatoms. The summed E-state index contributed by atoms with van der Waals surface area (Å²) in [5, 5.41) is 0. The Hall–Kier alpha value is -1.88. The zero-order valence-corrected chi connectivity index (χ0v) is 43.3. The van der Waals surface area contributed by atoms with Crippen molar-refractivity contribution in [2.45, 2.75) is 309 Å². The Kier molecular flexibility index (Phi) is 53.8. The maximum Gasteiger partial charge on any atom is 0.306 e. The number of ether oxygens (including phenoxy) is 3. The van der Waals surface area contributed by atoms with Gasteiger partial charge < -0.3 is 14.2 Å². The van der Waals surface area contributed by atoms with E-state index >= 15 is 0 Å². The van der Waals surface area contributed by atoms with E-state index in [0.29, 0.717) is 19.4 Å². The molecule has 0 aliphatic rings. The predicted molar refractivity (Wildman–Crippen MR) is 279 cm³/mol. The van der Waals surface area contributed by atoms with Crippen LogP contribution in [0.4, 0.5) is 0 Å². The van der Waals surface area contributed by atoms with Gasteiger partial charge in [0, 0.05) is 19.4 Å². The van der Waals surface area contributed by atoms with E-state index in [1.54, 1.807) is 0 Å². The summed E-state index contributed by atoms with van der Waals surface area (Å²) >= 11 is 0. The number of hydrogen-bond acceptors (Lipinski definition) is 5. The molecule has 0 heterocycles. The lowest BCUT2D eigenvalue weighted by Crippen LogP contribution is -2.30. The second kappa shape index (κ2) is 55.4. The van der Waals surface area contributed by atoms with Crippen molar-refractivity contribution in [2.24, 2.45) is 0 Å².